The van der Waals surface area contributed by atoms with E-state index in [2.05, 4.69) is 15.3 Å². The number of carbonyl (C=O) groups is 3. The predicted molar refractivity (Wildman–Crippen MR) is 103 cm³/mol. The van der Waals surface area contributed by atoms with Crippen molar-refractivity contribution in [2.75, 3.05) is 6.54 Å². The van der Waals surface area contributed by atoms with Gasteiger partial charge in [-0.15, -0.1) is 0 Å². The molecule has 0 aliphatic rings. The number of amides is 2. The highest BCUT2D eigenvalue weighted by atomic mass is 19.4. The van der Waals surface area contributed by atoms with E-state index in [1.807, 2.05) is 5.32 Å². The third kappa shape index (κ3) is 5.91. The van der Waals surface area contributed by atoms with Crippen LogP contribution in [0, 0.1) is 0 Å². The Morgan fingerprint density at radius 2 is 1.66 bits per heavy atom. The Bertz CT molecular complexity index is 1080. The van der Waals surface area contributed by atoms with Crippen molar-refractivity contribution in [1.82, 2.24) is 20.6 Å². The highest BCUT2D eigenvalue weighted by Gasteiger charge is 2.31. The Morgan fingerprint density at radius 1 is 1.09 bits per heavy atom. The molecule has 2 aromatic rings. The molecule has 0 aliphatic carbocycles. The number of aliphatic hydroxyl groups excluding tert-OH is 1. The van der Waals surface area contributed by atoms with Gasteiger partial charge in [0.2, 0.25) is 0 Å². The molecule has 1 heterocycles. The van der Waals surface area contributed by atoms with E-state index in [1.54, 1.807) is 0 Å². The highest BCUT2D eigenvalue weighted by molar-refractivity contribution is 5.95. The summed E-state index contributed by atoms with van der Waals surface area (Å²) in [6, 6.07) is 4.13. The average molecular weight is 456 g/mol. The number of nitrogens with zero attached hydrogens (tertiary/aromatic N) is 1. The van der Waals surface area contributed by atoms with Crippen LogP contribution in [0.4, 0.5) is 13.2 Å². The van der Waals surface area contributed by atoms with Crippen molar-refractivity contribution in [1.29, 1.82) is 0 Å². The Balaban J connectivity index is 2.13. The van der Waals surface area contributed by atoms with Gasteiger partial charge in [-0.2, -0.15) is 13.2 Å². The van der Waals surface area contributed by atoms with Crippen molar-refractivity contribution < 1.29 is 37.8 Å². The molecule has 10 nitrogen and oxygen atoms in total. The zero-order valence-corrected chi connectivity index (χ0v) is 16.8. The van der Waals surface area contributed by atoms with Crippen LogP contribution in [0.2, 0.25) is 0 Å². The summed E-state index contributed by atoms with van der Waals surface area (Å²) in [5, 5.41) is 22.3. The van der Waals surface area contributed by atoms with Crippen molar-refractivity contribution in [3.8, 4) is 0 Å². The van der Waals surface area contributed by atoms with Crippen molar-refractivity contribution in [2.24, 2.45) is 0 Å². The Kier molecular flexibility index (Phi) is 7.03. The van der Waals surface area contributed by atoms with Crippen molar-refractivity contribution in [3.05, 3.63) is 63.3 Å². The molecule has 1 atom stereocenters. The maximum atomic E-state index is 12.7. The molecule has 32 heavy (non-hydrogen) atoms. The smallest absolute Gasteiger partial charge is 0.416 e. The van der Waals surface area contributed by atoms with E-state index < -0.39 is 64.7 Å². The second-order valence-electron chi connectivity index (χ2n) is 7.19. The van der Waals surface area contributed by atoms with Gasteiger partial charge in [0, 0.05) is 6.20 Å². The molecule has 1 aromatic carbocycles. The first kappa shape index (κ1) is 24.5. The topological polar surface area (TPSA) is 161 Å². The molecule has 0 bridgehead atoms. The van der Waals surface area contributed by atoms with Crippen LogP contribution in [-0.2, 0) is 16.5 Å². The predicted octanol–water partition coefficient (Wildman–Crippen LogP) is 0.629. The van der Waals surface area contributed by atoms with Crippen LogP contribution in [-0.4, -0.2) is 50.6 Å². The van der Waals surface area contributed by atoms with Crippen molar-refractivity contribution in [2.45, 2.75) is 31.7 Å². The van der Waals surface area contributed by atoms with Gasteiger partial charge in [0.15, 0.2) is 11.9 Å². The van der Waals surface area contributed by atoms with Gasteiger partial charge in [-0.3, -0.25) is 14.4 Å². The maximum absolute atomic E-state index is 12.7. The van der Waals surface area contributed by atoms with E-state index in [1.165, 1.54) is 26.0 Å². The van der Waals surface area contributed by atoms with E-state index in [0.29, 0.717) is 5.56 Å². The molecule has 0 spiro atoms. The molecule has 0 saturated carbocycles. The summed E-state index contributed by atoms with van der Waals surface area (Å²) in [6.45, 7) is 2.40. The van der Waals surface area contributed by atoms with Gasteiger partial charge in [0.1, 0.15) is 5.56 Å². The first-order valence-corrected chi connectivity index (χ1v) is 9.01. The standard InChI is InChI=1S/C19H19F3N4O6/c1-18(2,9-3-5-10(6-4-9)19(20,21)22)26-15(29)11-7-23-13(25-14(11)28)16(30)24-8-12(27)17(31)32/h3-7,12,27H,8H2,1-2H3,(H,24,30)(H,26,29)(H,31,32)(H,23,25,28)/t12-/m1/s1. The lowest BCUT2D eigenvalue weighted by Crippen LogP contribution is -2.43. The summed E-state index contributed by atoms with van der Waals surface area (Å²) >= 11 is 0. The third-order valence-electron chi connectivity index (χ3n) is 4.36. The van der Waals surface area contributed by atoms with Gasteiger partial charge in [-0.05, 0) is 31.5 Å². The van der Waals surface area contributed by atoms with E-state index >= 15 is 0 Å². The number of aromatic nitrogens is 2. The highest BCUT2D eigenvalue weighted by Crippen LogP contribution is 2.30. The molecular weight excluding hydrogens is 437 g/mol. The number of carbonyl (C=O) groups excluding carboxylic acids is 2. The number of rotatable bonds is 7. The van der Waals surface area contributed by atoms with Crippen LogP contribution in [0.25, 0.3) is 0 Å². The number of alkyl halides is 3. The normalized spacial score (nSPS) is 12.7. The zero-order valence-electron chi connectivity index (χ0n) is 16.8. The first-order chi connectivity index (χ1) is 14.7. The molecule has 2 amide bonds. The molecule has 13 heteroatoms. The second kappa shape index (κ2) is 9.18. The van der Waals surface area contributed by atoms with Crippen LogP contribution < -0.4 is 16.2 Å². The van der Waals surface area contributed by atoms with Crippen molar-refractivity contribution >= 4 is 17.8 Å². The molecule has 0 radical (unpaired) electrons. The average Bonchev–Trinajstić information content (AvgIpc) is 2.70. The maximum Gasteiger partial charge on any atom is 0.416 e. The number of carboxylic acids is 1. The number of carboxylic acid groups (broad SMARTS) is 1. The van der Waals surface area contributed by atoms with Crippen molar-refractivity contribution in [3.63, 3.8) is 0 Å². The number of aliphatic carboxylic acids is 1. The number of nitrogens with one attached hydrogen (secondary N) is 3. The van der Waals surface area contributed by atoms with Gasteiger partial charge >= 0.3 is 12.1 Å². The lowest BCUT2D eigenvalue weighted by Gasteiger charge is -2.27. The number of benzene rings is 1. The van der Waals surface area contributed by atoms with E-state index in [4.69, 9.17) is 10.2 Å². The number of H-pyrrole nitrogens is 1. The van der Waals surface area contributed by atoms with Crippen LogP contribution in [0.5, 0.6) is 0 Å². The molecule has 0 unspecified atom stereocenters. The Labute approximate surface area is 178 Å². The van der Waals surface area contributed by atoms with Gasteiger partial charge in [-0.1, -0.05) is 12.1 Å². The zero-order chi connectivity index (χ0) is 24.3. The minimum atomic E-state index is -4.51. The lowest BCUT2D eigenvalue weighted by atomic mass is 9.93. The summed E-state index contributed by atoms with van der Waals surface area (Å²) in [5.41, 5.74) is -3.11. The Morgan fingerprint density at radius 3 is 2.16 bits per heavy atom. The van der Waals surface area contributed by atoms with E-state index in [9.17, 15) is 32.3 Å². The minimum Gasteiger partial charge on any atom is -0.479 e. The van der Waals surface area contributed by atoms with Gasteiger partial charge in [0.05, 0.1) is 17.6 Å². The largest absolute Gasteiger partial charge is 0.479 e. The SMILES string of the molecule is CC(C)(NC(=O)c1cnc(C(=O)NC[C@@H](O)C(=O)O)[nH]c1=O)c1ccc(C(F)(F)F)cc1. The summed E-state index contributed by atoms with van der Waals surface area (Å²) in [6.07, 6.45) is -5.55. The summed E-state index contributed by atoms with van der Waals surface area (Å²) in [7, 11) is 0. The van der Waals surface area contributed by atoms with E-state index in [-0.39, 0.29) is 0 Å². The van der Waals surface area contributed by atoms with Crippen LogP contribution >= 0.6 is 0 Å². The fourth-order valence-electron chi connectivity index (χ4n) is 2.53. The lowest BCUT2D eigenvalue weighted by molar-refractivity contribution is -0.146. The molecule has 172 valence electrons. The van der Waals surface area contributed by atoms with Crippen LogP contribution in [0.1, 0.15) is 46.0 Å². The van der Waals surface area contributed by atoms with Gasteiger partial charge < -0.3 is 25.8 Å². The van der Waals surface area contributed by atoms with Gasteiger partial charge in [-0.25, -0.2) is 9.78 Å². The quantitative estimate of drug-likeness (QED) is 0.408. The fourth-order valence-corrected chi connectivity index (χ4v) is 2.53. The van der Waals surface area contributed by atoms with E-state index in [0.717, 1.165) is 18.3 Å². The second-order valence-corrected chi connectivity index (χ2v) is 7.19. The monoisotopic (exact) mass is 456 g/mol. The molecule has 0 saturated heterocycles. The van der Waals surface area contributed by atoms with Crippen LogP contribution in [0.3, 0.4) is 0 Å². The summed E-state index contributed by atoms with van der Waals surface area (Å²) < 4.78 is 38.2. The molecule has 1 aromatic heterocycles. The Hall–Kier alpha value is -3.74. The molecule has 5 N–H and O–H groups in total. The number of hydrogen-bond donors (Lipinski definition) is 5. The number of aromatic amines is 1. The van der Waals surface area contributed by atoms with Crippen LogP contribution in [0.15, 0.2) is 35.3 Å². The third-order valence-corrected chi connectivity index (χ3v) is 4.36. The fraction of sp³-hybridized carbons (Fsp3) is 0.316. The molecular formula is C19H19F3N4O6. The van der Waals surface area contributed by atoms with Gasteiger partial charge in [0.25, 0.3) is 17.4 Å². The number of aliphatic hydroxyl groups is 1. The molecule has 0 aliphatic heterocycles. The number of hydrogen-bond acceptors (Lipinski definition) is 6. The minimum absolute atomic E-state index is 0.344. The number of halogens is 3. The summed E-state index contributed by atoms with van der Waals surface area (Å²) in [4.78, 5) is 52.8. The first-order valence-electron chi connectivity index (χ1n) is 9.01. The molecule has 2 rings (SSSR count). The summed E-state index contributed by atoms with van der Waals surface area (Å²) in [5.74, 6) is -3.96. The molecule has 0 fully saturated rings.